The molecule has 0 unspecified atom stereocenters. The van der Waals surface area contributed by atoms with Crippen LogP contribution in [0.3, 0.4) is 0 Å². The number of amides is 1. The Morgan fingerprint density at radius 2 is 1.89 bits per heavy atom. The molecule has 0 spiro atoms. The van der Waals surface area contributed by atoms with Crippen LogP contribution < -0.4 is 10.1 Å². The monoisotopic (exact) mass is 381 g/mol. The van der Waals surface area contributed by atoms with Gasteiger partial charge in [0.1, 0.15) is 5.75 Å². The van der Waals surface area contributed by atoms with Crippen molar-refractivity contribution >= 4 is 17.3 Å². The highest BCUT2D eigenvalue weighted by Crippen LogP contribution is 2.25. The lowest BCUT2D eigenvalue weighted by Gasteiger charge is -2.09. The molecule has 8 nitrogen and oxygen atoms in total. The van der Waals surface area contributed by atoms with Crippen molar-refractivity contribution in [2.24, 2.45) is 0 Å². The van der Waals surface area contributed by atoms with Gasteiger partial charge in [-0.05, 0) is 56.7 Å². The minimum atomic E-state index is -0.486. The molecule has 0 aliphatic rings. The Morgan fingerprint density at radius 1 is 1.18 bits per heavy atom. The zero-order valence-corrected chi connectivity index (χ0v) is 15.6. The van der Waals surface area contributed by atoms with Crippen LogP contribution in [0.15, 0.2) is 53.1 Å². The van der Waals surface area contributed by atoms with E-state index in [1.54, 1.807) is 6.92 Å². The fourth-order valence-corrected chi connectivity index (χ4v) is 2.58. The molecule has 0 radical (unpaired) electrons. The summed E-state index contributed by atoms with van der Waals surface area (Å²) in [5.41, 5.74) is 1.87. The molecule has 0 saturated heterocycles. The van der Waals surface area contributed by atoms with E-state index in [-0.39, 0.29) is 17.5 Å². The summed E-state index contributed by atoms with van der Waals surface area (Å²) < 4.78 is 10.9. The van der Waals surface area contributed by atoms with Crippen LogP contribution in [0.2, 0.25) is 0 Å². The van der Waals surface area contributed by atoms with E-state index in [1.165, 1.54) is 24.3 Å². The molecule has 28 heavy (non-hydrogen) atoms. The van der Waals surface area contributed by atoms with Crippen molar-refractivity contribution in [3.8, 4) is 17.1 Å². The average molecular weight is 381 g/mol. The van der Waals surface area contributed by atoms with E-state index in [0.717, 1.165) is 11.3 Å². The number of benzene rings is 2. The molecule has 0 fully saturated rings. The van der Waals surface area contributed by atoms with Gasteiger partial charge in [-0.25, -0.2) is 0 Å². The molecule has 3 aromatic rings. The van der Waals surface area contributed by atoms with Crippen LogP contribution in [0.25, 0.3) is 11.3 Å². The summed E-state index contributed by atoms with van der Waals surface area (Å²) in [6.45, 7) is 5.57. The van der Waals surface area contributed by atoms with E-state index in [2.05, 4.69) is 10.5 Å². The smallest absolute Gasteiger partial charge is 0.277 e. The van der Waals surface area contributed by atoms with E-state index in [9.17, 15) is 14.9 Å². The normalized spacial score (nSPS) is 10.7. The van der Waals surface area contributed by atoms with Gasteiger partial charge in [0.05, 0.1) is 11.0 Å². The number of carbonyl (C=O) groups is 1. The number of hydrogen-bond donors (Lipinski definition) is 1. The number of anilines is 1. The molecule has 8 heteroatoms. The third-order valence-corrected chi connectivity index (χ3v) is 3.92. The first-order valence-electron chi connectivity index (χ1n) is 8.63. The van der Waals surface area contributed by atoms with Crippen LogP contribution >= 0.6 is 0 Å². The van der Waals surface area contributed by atoms with Crippen LogP contribution in [0, 0.1) is 17.0 Å². The standard InChI is InChI=1S/C20H19N3O5/c1-12(2)27-16-7-4-14(5-8-16)19-11-18(22-28-19)20(24)21-17-9-6-15(23(25)26)10-13(17)3/h4-12H,1-3H3,(H,21,24). The number of aromatic nitrogens is 1. The number of rotatable bonds is 6. The van der Waals surface area contributed by atoms with Gasteiger partial charge in [0.25, 0.3) is 11.6 Å². The molecule has 0 aliphatic carbocycles. The number of non-ortho nitro benzene ring substituents is 1. The van der Waals surface area contributed by atoms with Gasteiger partial charge in [-0.1, -0.05) is 5.16 Å². The van der Waals surface area contributed by atoms with E-state index in [0.29, 0.717) is 17.0 Å². The molecular weight excluding hydrogens is 362 g/mol. The van der Waals surface area contributed by atoms with Crippen molar-refractivity contribution in [3.63, 3.8) is 0 Å². The second-order valence-corrected chi connectivity index (χ2v) is 6.48. The van der Waals surface area contributed by atoms with E-state index in [4.69, 9.17) is 9.26 Å². The molecule has 0 bridgehead atoms. The highest BCUT2D eigenvalue weighted by molar-refractivity contribution is 6.03. The summed E-state index contributed by atoms with van der Waals surface area (Å²) in [6, 6.07) is 13.0. The lowest BCUT2D eigenvalue weighted by molar-refractivity contribution is -0.384. The lowest BCUT2D eigenvalue weighted by Crippen LogP contribution is -2.13. The van der Waals surface area contributed by atoms with Crippen LogP contribution in [-0.4, -0.2) is 22.1 Å². The fraction of sp³-hybridized carbons (Fsp3) is 0.200. The van der Waals surface area contributed by atoms with Gasteiger partial charge in [0, 0.05) is 29.4 Å². The van der Waals surface area contributed by atoms with Gasteiger partial charge in [-0.15, -0.1) is 0 Å². The Hall–Kier alpha value is -3.68. The zero-order valence-electron chi connectivity index (χ0n) is 15.6. The van der Waals surface area contributed by atoms with Gasteiger partial charge in [0.15, 0.2) is 11.5 Å². The molecule has 144 valence electrons. The molecule has 1 heterocycles. The summed E-state index contributed by atoms with van der Waals surface area (Å²) in [5.74, 6) is 0.721. The van der Waals surface area contributed by atoms with Crippen molar-refractivity contribution in [1.29, 1.82) is 0 Å². The molecule has 1 N–H and O–H groups in total. The maximum absolute atomic E-state index is 12.4. The average Bonchev–Trinajstić information content (AvgIpc) is 3.13. The van der Waals surface area contributed by atoms with Gasteiger partial charge < -0.3 is 14.6 Å². The molecule has 1 amide bonds. The summed E-state index contributed by atoms with van der Waals surface area (Å²) in [7, 11) is 0. The van der Waals surface area contributed by atoms with Gasteiger partial charge >= 0.3 is 0 Å². The number of nitrogens with one attached hydrogen (secondary N) is 1. The number of nitrogens with zero attached hydrogens (tertiary/aromatic N) is 2. The third kappa shape index (κ3) is 4.35. The maximum Gasteiger partial charge on any atom is 0.277 e. The Bertz CT molecular complexity index is 1010. The Labute approximate surface area is 161 Å². The number of hydrogen-bond acceptors (Lipinski definition) is 6. The highest BCUT2D eigenvalue weighted by Gasteiger charge is 2.16. The van der Waals surface area contributed by atoms with Crippen LogP contribution in [0.1, 0.15) is 29.9 Å². The van der Waals surface area contributed by atoms with Gasteiger partial charge in [0.2, 0.25) is 0 Å². The second-order valence-electron chi connectivity index (χ2n) is 6.48. The first kappa shape index (κ1) is 19.1. The molecule has 2 aromatic carbocycles. The van der Waals surface area contributed by atoms with Crippen LogP contribution in [-0.2, 0) is 0 Å². The van der Waals surface area contributed by atoms with Crippen molar-refractivity contribution in [1.82, 2.24) is 5.16 Å². The Balaban J connectivity index is 1.73. The van der Waals surface area contributed by atoms with Gasteiger partial charge in [-0.3, -0.25) is 14.9 Å². The minimum Gasteiger partial charge on any atom is -0.491 e. The van der Waals surface area contributed by atoms with Crippen molar-refractivity contribution in [3.05, 3.63) is 69.9 Å². The van der Waals surface area contributed by atoms with Crippen molar-refractivity contribution in [2.45, 2.75) is 26.9 Å². The minimum absolute atomic E-state index is 0.0379. The van der Waals surface area contributed by atoms with Crippen molar-refractivity contribution in [2.75, 3.05) is 5.32 Å². The summed E-state index contributed by atoms with van der Waals surface area (Å²) in [6.07, 6.45) is 0.0781. The fourth-order valence-electron chi connectivity index (χ4n) is 2.58. The Morgan fingerprint density at radius 3 is 2.50 bits per heavy atom. The molecule has 1 aromatic heterocycles. The third-order valence-electron chi connectivity index (χ3n) is 3.92. The number of nitro groups is 1. The first-order chi connectivity index (χ1) is 13.3. The quantitative estimate of drug-likeness (QED) is 0.494. The summed E-state index contributed by atoms with van der Waals surface area (Å²) in [5, 5.41) is 17.3. The predicted octanol–water partition coefficient (Wildman–Crippen LogP) is 4.60. The summed E-state index contributed by atoms with van der Waals surface area (Å²) in [4.78, 5) is 22.7. The topological polar surface area (TPSA) is 108 Å². The lowest BCUT2D eigenvalue weighted by atomic mass is 10.1. The molecule has 0 saturated carbocycles. The van der Waals surface area contributed by atoms with E-state index < -0.39 is 10.8 Å². The molecular formula is C20H19N3O5. The molecule has 0 atom stereocenters. The van der Waals surface area contributed by atoms with E-state index in [1.807, 2.05) is 38.1 Å². The second kappa shape index (κ2) is 7.91. The van der Waals surface area contributed by atoms with Crippen molar-refractivity contribution < 1.29 is 19.0 Å². The zero-order chi connectivity index (χ0) is 20.3. The number of carbonyl (C=O) groups excluding carboxylic acids is 1. The van der Waals surface area contributed by atoms with Gasteiger partial charge in [-0.2, -0.15) is 0 Å². The van der Waals surface area contributed by atoms with E-state index >= 15 is 0 Å². The SMILES string of the molecule is Cc1cc([N+](=O)[O-])ccc1NC(=O)c1cc(-c2ccc(OC(C)C)cc2)on1. The predicted molar refractivity (Wildman–Crippen MR) is 103 cm³/mol. The number of ether oxygens (including phenoxy) is 1. The molecule has 3 rings (SSSR count). The number of aryl methyl sites for hydroxylation is 1. The van der Waals surface area contributed by atoms with Crippen LogP contribution in [0.5, 0.6) is 5.75 Å². The largest absolute Gasteiger partial charge is 0.491 e. The molecule has 0 aliphatic heterocycles. The highest BCUT2D eigenvalue weighted by atomic mass is 16.6. The Kier molecular flexibility index (Phi) is 5.39. The number of nitro benzene ring substituents is 1. The first-order valence-corrected chi connectivity index (χ1v) is 8.63. The maximum atomic E-state index is 12.4. The summed E-state index contributed by atoms with van der Waals surface area (Å²) >= 11 is 0. The van der Waals surface area contributed by atoms with Crippen LogP contribution in [0.4, 0.5) is 11.4 Å².